The molecular weight excluding hydrogens is 414 g/mol. The summed E-state index contributed by atoms with van der Waals surface area (Å²) in [5, 5.41) is 2.80. The lowest BCUT2D eigenvalue weighted by molar-refractivity contribution is -0.122. The van der Waals surface area contributed by atoms with Gasteiger partial charge in [-0.05, 0) is 63.1 Å². The van der Waals surface area contributed by atoms with E-state index in [0.29, 0.717) is 12.2 Å². The number of hydrogen-bond donors (Lipinski definition) is 2. The van der Waals surface area contributed by atoms with Gasteiger partial charge in [-0.1, -0.05) is 25.1 Å². The minimum absolute atomic E-state index is 0.0734. The minimum Gasteiger partial charge on any atom is -0.326 e. The summed E-state index contributed by atoms with van der Waals surface area (Å²) in [4.78, 5) is 27.1. The van der Waals surface area contributed by atoms with E-state index < -0.39 is 21.5 Å². The van der Waals surface area contributed by atoms with E-state index in [0.717, 1.165) is 17.7 Å². The molecule has 31 heavy (non-hydrogen) atoms. The Morgan fingerprint density at radius 1 is 1.10 bits per heavy atom. The van der Waals surface area contributed by atoms with Crippen LogP contribution in [0, 0.1) is 5.92 Å². The molecule has 2 aromatic rings. The number of aryl methyl sites for hydroxylation is 1. The Hall–Kier alpha value is -2.71. The van der Waals surface area contributed by atoms with Crippen molar-refractivity contribution < 1.29 is 18.0 Å². The van der Waals surface area contributed by atoms with E-state index in [4.69, 9.17) is 0 Å². The highest BCUT2D eigenvalue weighted by molar-refractivity contribution is 7.89. The van der Waals surface area contributed by atoms with E-state index in [2.05, 4.69) is 10.0 Å². The zero-order valence-corrected chi connectivity index (χ0v) is 19.1. The lowest BCUT2D eigenvalue weighted by Crippen LogP contribution is -2.40. The lowest BCUT2D eigenvalue weighted by atomic mass is 10.1. The van der Waals surface area contributed by atoms with Crippen molar-refractivity contribution in [3.8, 4) is 0 Å². The Balaban J connectivity index is 1.68. The van der Waals surface area contributed by atoms with Crippen molar-refractivity contribution in [1.29, 1.82) is 0 Å². The molecule has 2 amide bonds. The van der Waals surface area contributed by atoms with Crippen molar-refractivity contribution in [2.75, 3.05) is 16.8 Å². The Labute approximate surface area is 183 Å². The van der Waals surface area contributed by atoms with Crippen molar-refractivity contribution in [2.24, 2.45) is 5.92 Å². The first-order chi connectivity index (χ1) is 14.5. The highest BCUT2D eigenvalue weighted by Gasteiger charge is 2.35. The Morgan fingerprint density at radius 2 is 1.74 bits per heavy atom. The molecule has 0 aromatic heterocycles. The largest absolute Gasteiger partial charge is 0.326 e. The van der Waals surface area contributed by atoms with Gasteiger partial charge in [0.05, 0.1) is 10.8 Å². The number of nitrogens with zero attached hydrogens (tertiary/aromatic N) is 1. The number of rotatable bonds is 6. The van der Waals surface area contributed by atoms with Gasteiger partial charge in [-0.3, -0.25) is 9.59 Å². The van der Waals surface area contributed by atoms with Crippen LogP contribution in [0.2, 0.25) is 0 Å². The molecule has 2 aromatic carbocycles. The number of carbonyl (C=O) groups is 2. The van der Waals surface area contributed by atoms with Crippen molar-refractivity contribution in [1.82, 2.24) is 4.72 Å². The van der Waals surface area contributed by atoms with Crippen molar-refractivity contribution in [2.45, 2.75) is 51.0 Å². The zero-order valence-electron chi connectivity index (χ0n) is 18.3. The highest BCUT2D eigenvalue weighted by atomic mass is 32.2. The quantitative estimate of drug-likeness (QED) is 0.716. The van der Waals surface area contributed by atoms with Gasteiger partial charge >= 0.3 is 0 Å². The van der Waals surface area contributed by atoms with Crippen LogP contribution in [0.15, 0.2) is 53.4 Å². The average molecular weight is 444 g/mol. The number of sulfonamides is 1. The van der Waals surface area contributed by atoms with Gasteiger partial charge in [0.25, 0.3) is 0 Å². The van der Waals surface area contributed by atoms with Crippen molar-refractivity contribution >= 4 is 33.2 Å². The summed E-state index contributed by atoms with van der Waals surface area (Å²) < 4.78 is 27.4. The molecule has 8 heteroatoms. The predicted molar refractivity (Wildman–Crippen MR) is 121 cm³/mol. The van der Waals surface area contributed by atoms with Gasteiger partial charge in [0.1, 0.15) is 0 Å². The van der Waals surface area contributed by atoms with Crippen LogP contribution in [-0.4, -0.2) is 32.3 Å². The second-order valence-corrected chi connectivity index (χ2v) is 10.4. The molecular formula is C23H29N3O4S. The molecule has 2 N–H and O–H groups in total. The van der Waals surface area contributed by atoms with Gasteiger partial charge in [-0.15, -0.1) is 0 Å². The summed E-state index contributed by atoms with van der Waals surface area (Å²) in [6.45, 7) is 7.66. The molecule has 3 rings (SSSR count). The molecule has 1 saturated heterocycles. The van der Waals surface area contributed by atoms with Crippen molar-refractivity contribution in [3.63, 3.8) is 0 Å². The third-order valence-corrected chi connectivity index (χ3v) is 6.81. The van der Waals surface area contributed by atoms with Crippen LogP contribution in [-0.2, 0) is 26.0 Å². The first-order valence-electron chi connectivity index (χ1n) is 10.3. The van der Waals surface area contributed by atoms with Crippen LogP contribution in [0.5, 0.6) is 0 Å². The summed E-state index contributed by atoms with van der Waals surface area (Å²) in [6, 6.07) is 13.7. The van der Waals surface area contributed by atoms with Gasteiger partial charge < -0.3 is 10.2 Å². The SMILES string of the molecule is CCc1ccccc1N1CC(C(=O)Nc2ccc(S(=O)(=O)NC(C)(C)C)cc2)CC1=O. The monoisotopic (exact) mass is 443 g/mol. The van der Waals surface area contributed by atoms with E-state index in [1.165, 1.54) is 12.1 Å². The zero-order chi connectivity index (χ0) is 22.8. The van der Waals surface area contributed by atoms with Gasteiger partial charge in [0, 0.05) is 29.9 Å². The second-order valence-electron chi connectivity index (χ2n) is 8.76. The normalized spacial score (nSPS) is 17.1. The van der Waals surface area contributed by atoms with Gasteiger partial charge in [0.2, 0.25) is 21.8 Å². The van der Waals surface area contributed by atoms with Crippen LogP contribution >= 0.6 is 0 Å². The minimum atomic E-state index is -3.64. The van der Waals surface area contributed by atoms with E-state index in [9.17, 15) is 18.0 Å². The molecule has 1 aliphatic rings. The van der Waals surface area contributed by atoms with Crippen LogP contribution < -0.4 is 14.9 Å². The third-order valence-electron chi connectivity index (χ3n) is 5.03. The van der Waals surface area contributed by atoms with Gasteiger partial charge in [-0.2, -0.15) is 0 Å². The summed E-state index contributed by atoms with van der Waals surface area (Å²) in [6.07, 6.45) is 0.946. The van der Waals surface area contributed by atoms with Crippen molar-refractivity contribution in [3.05, 3.63) is 54.1 Å². The molecule has 1 aliphatic heterocycles. The summed E-state index contributed by atoms with van der Waals surface area (Å²) in [7, 11) is -3.64. The van der Waals surface area contributed by atoms with E-state index in [-0.39, 0.29) is 23.1 Å². The summed E-state index contributed by atoms with van der Waals surface area (Å²) >= 11 is 0. The summed E-state index contributed by atoms with van der Waals surface area (Å²) in [5.74, 6) is -0.799. The predicted octanol–water partition coefficient (Wildman–Crippen LogP) is 3.32. The highest BCUT2D eigenvalue weighted by Crippen LogP contribution is 2.29. The molecule has 1 fully saturated rings. The maximum atomic E-state index is 12.7. The number of benzene rings is 2. The number of anilines is 2. The molecule has 0 aliphatic carbocycles. The molecule has 1 atom stereocenters. The number of nitrogens with one attached hydrogen (secondary N) is 2. The van der Waals surface area contributed by atoms with Crippen LogP contribution in [0.1, 0.15) is 39.7 Å². The van der Waals surface area contributed by atoms with Crippen LogP contribution in [0.25, 0.3) is 0 Å². The summed E-state index contributed by atoms with van der Waals surface area (Å²) in [5.41, 5.74) is 1.81. The Kier molecular flexibility index (Phi) is 6.52. The first kappa shape index (κ1) is 23.0. The average Bonchev–Trinajstić information content (AvgIpc) is 3.08. The molecule has 1 unspecified atom stereocenters. The third kappa shape index (κ3) is 5.51. The van der Waals surface area contributed by atoms with E-state index in [1.807, 2.05) is 31.2 Å². The lowest BCUT2D eigenvalue weighted by Gasteiger charge is -2.20. The number of carbonyl (C=O) groups excluding carboxylic acids is 2. The molecule has 0 radical (unpaired) electrons. The van der Waals surface area contributed by atoms with Crippen LogP contribution in [0.3, 0.4) is 0 Å². The molecule has 0 spiro atoms. The Bertz CT molecular complexity index is 1070. The van der Waals surface area contributed by atoms with E-state index >= 15 is 0 Å². The second kappa shape index (κ2) is 8.80. The molecule has 7 nitrogen and oxygen atoms in total. The smallest absolute Gasteiger partial charge is 0.241 e. The molecule has 1 heterocycles. The number of hydrogen-bond acceptors (Lipinski definition) is 4. The number of amides is 2. The maximum absolute atomic E-state index is 12.7. The molecule has 166 valence electrons. The first-order valence-corrected chi connectivity index (χ1v) is 11.8. The van der Waals surface area contributed by atoms with Crippen LogP contribution in [0.4, 0.5) is 11.4 Å². The Morgan fingerprint density at radius 3 is 2.35 bits per heavy atom. The van der Waals surface area contributed by atoms with Gasteiger partial charge in [0.15, 0.2) is 0 Å². The standard InChI is InChI=1S/C23H29N3O4S/c1-5-16-8-6-7-9-20(16)26-15-17(14-21(26)27)22(28)24-18-10-12-19(13-11-18)31(29,30)25-23(2,3)4/h6-13,17,25H,5,14-15H2,1-4H3,(H,24,28). The molecule has 0 bridgehead atoms. The fourth-order valence-electron chi connectivity index (χ4n) is 3.61. The van der Waals surface area contributed by atoms with Gasteiger partial charge in [-0.25, -0.2) is 13.1 Å². The maximum Gasteiger partial charge on any atom is 0.241 e. The fourth-order valence-corrected chi connectivity index (χ4v) is 5.03. The number of para-hydroxylation sites is 1. The topological polar surface area (TPSA) is 95.6 Å². The van der Waals surface area contributed by atoms with E-state index in [1.54, 1.807) is 37.8 Å². The fraction of sp³-hybridized carbons (Fsp3) is 0.391. The molecule has 0 saturated carbocycles.